The lowest BCUT2D eigenvalue weighted by atomic mass is 9.76. The normalized spacial score (nSPS) is 20.7. The highest BCUT2D eigenvalue weighted by Crippen LogP contribution is 2.46. The Morgan fingerprint density at radius 2 is 1.76 bits per heavy atom. The van der Waals surface area contributed by atoms with Crippen molar-refractivity contribution in [1.29, 1.82) is 0 Å². The summed E-state index contributed by atoms with van der Waals surface area (Å²) in [7, 11) is 0. The number of pyridine rings is 1. The Hall–Kier alpha value is -3.29. The van der Waals surface area contributed by atoms with Crippen LogP contribution >= 0.6 is 0 Å². The van der Waals surface area contributed by atoms with Crippen LogP contribution in [0.4, 0.5) is 0 Å². The molecular formula is C29H37N5O3. The minimum atomic E-state index is -0.690. The van der Waals surface area contributed by atoms with E-state index >= 15 is 0 Å². The first-order valence-electron chi connectivity index (χ1n) is 13.6. The molecule has 1 aliphatic carbocycles. The van der Waals surface area contributed by atoms with Crippen molar-refractivity contribution < 1.29 is 14.6 Å². The lowest BCUT2D eigenvalue weighted by molar-refractivity contribution is -0.167. The number of aromatic nitrogens is 5. The second-order valence-electron chi connectivity index (χ2n) is 10.7. The maximum absolute atomic E-state index is 13.4. The van der Waals surface area contributed by atoms with Crippen molar-refractivity contribution in [3.63, 3.8) is 0 Å². The van der Waals surface area contributed by atoms with Crippen molar-refractivity contribution in [2.75, 3.05) is 0 Å². The average molecular weight is 504 g/mol. The largest absolute Gasteiger partial charge is 0.512 e. The summed E-state index contributed by atoms with van der Waals surface area (Å²) in [6.07, 6.45) is 8.02. The molecule has 1 saturated carbocycles. The Labute approximate surface area is 218 Å². The van der Waals surface area contributed by atoms with E-state index in [4.69, 9.17) is 9.72 Å². The summed E-state index contributed by atoms with van der Waals surface area (Å²) < 4.78 is 7.98. The van der Waals surface area contributed by atoms with Gasteiger partial charge in [0.2, 0.25) is 0 Å². The van der Waals surface area contributed by atoms with Crippen LogP contribution in [0.3, 0.4) is 0 Å². The maximum atomic E-state index is 13.4. The molecular weight excluding hydrogens is 466 g/mol. The van der Waals surface area contributed by atoms with E-state index in [0.717, 1.165) is 67.7 Å². The highest BCUT2D eigenvalue weighted by atomic mass is 16.6. The van der Waals surface area contributed by atoms with E-state index < -0.39 is 11.6 Å². The number of fused-ring (bicyclic) bond motifs is 1. The number of carbonyl (C=O) groups excluding carboxylic acids is 1. The highest BCUT2D eigenvalue weighted by molar-refractivity contribution is 5.90. The van der Waals surface area contributed by atoms with Crippen LogP contribution in [0.1, 0.15) is 86.5 Å². The molecule has 2 aliphatic rings. The third-order valence-electron chi connectivity index (χ3n) is 8.01. The fourth-order valence-electron chi connectivity index (χ4n) is 6.01. The van der Waals surface area contributed by atoms with Crippen LogP contribution in [0.5, 0.6) is 0 Å². The van der Waals surface area contributed by atoms with Crippen molar-refractivity contribution in [2.24, 2.45) is 5.92 Å². The Bertz CT molecular complexity index is 1330. The summed E-state index contributed by atoms with van der Waals surface area (Å²) in [5, 5.41) is 15.7. The Kier molecular flexibility index (Phi) is 7.01. The molecule has 0 spiro atoms. The van der Waals surface area contributed by atoms with Gasteiger partial charge in [-0.1, -0.05) is 26.7 Å². The fraction of sp³-hybridized carbons (Fsp3) is 0.552. The number of cyclic esters (lactones) is 1. The molecule has 3 aromatic rings. The number of nitrogens with zero attached hydrogens (tertiary/aromatic N) is 5. The number of ether oxygens (including phenoxy) is 1. The molecule has 0 aromatic carbocycles. The van der Waals surface area contributed by atoms with E-state index in [-0.39, 0.29) is 23.7 Å². The van der Waals surface area contributed by atoms with E-state index in [1.807, 2.05) is 19.9 Å². The zero-order valence-corrected chi connectivity index (χ0v) is 22.4. The third kappa shape index (κ3) is 5.11. The van der Waals surface area contributed by atoms with Gasteiger partial charge in [-0.15, -0.1) is 5.10 Å². The molecule has 1 fully saturated rings. The zero-order chi connectivity index (χ0) is 26.2. The topological polar surface area (TPSA) is 102 Å². The Morgan fingerprint density at radius 3 is 2.41 bits per heavy atom. The van der Waals surface area contributed by atoms with Crippen molar-refractivity contribution in [2.45, 2.75) is 97.5 Å². The maximum Gasteiger partial charge on any atom is 0.338 e. The van der Waals surface area contributed by atoms with Gasteiger partial charge >= 0.3 is 5.97 Å². The van der Waals surface area contributed by atoms with Crippen LogP contribution in [0, 0.1) is 19.8 Å². The number of hydrogen-bond acceptors (Lipinski definition) is 7. The average Bonchev–Trinajstić information content (AvgIpc) is 3.55. The smallest absolute Gasteiger partial charge is 0.338 e. The number of aliphatic hydroxyl groups is 1. The number of carbonyl (C=O) groups is 1. The summed E-state index contributed by atoms with van der Waals surface area (Å²) in [6, 6.07) is 6.27. The predicted molar refractivity (Wildman–Crippen MR) is 140 cm³/mol. The van der Waals surface area contributed by atoms with E-state index in [9.17, 15) is 9.90 Å². The van der Waals surface area contributed by atoms with E-state index in [2.05, 4.69) is 41.0 Å². The first-order valence-corrected chi connectivity index (χ1v) is 13.6. The molecule has 4 heterocycles. The predicted octanol–water partition coefficient (Wildman–Crippen LogP) is 5.12. The van der Waals surface area contributed by atoms with Crippen LogP contribution in [0.25, 0.3) is 5.78 Å². The van der Waals surface area contributed by atoms with Gasteiger partial charge in [0.05, 0.1) is 5.57 Å². The zero-order valence-electron chi connectivity index (χ0n) is 22.4. The molecule has 37 heavy (non-hydrogen) atoms. The Balaban J connectivity index is 1.41. The number of hydrogen-bond donors (Lipinski definition) is 1. The SMILES string of the molecule is CCc1cc(CC[C@@]2(C3CCCC3)CC(O)=C(Cc3nc4nc(C)cc(C)n4n3)C(=O)O2)cc(CC)n1. The number of esters is 1. The van der Waals surface area contributed by atoms with Crippen LogP contribution in [0.2, 0.25) is 0 Å². The molecule has 196 valence electrons. The first-order chi connectivity index (χ1) is 17.8. The lowest BCUT2D eigenvalue weighted by Gasteiger charge is -2.41. The minimum absolute atomic E-state index is 0.112. The van der Waals surface area contributed by atoms with Crippen LogP contribution in [-0.2, 0) is 35.2 Å². The molecule has 0 bridgehead atoms. The third-order valence-corrected chi connectivity index (χ3v) is 8.01. The second kappa shape index (κ2) is 10.2. The van der Waals surface area contributed by atoms with Gasteiger partial charge in [0, 0.05) is 35.6 Å². The van der Waals surface area contributed by atoms with Gasteiger partial charge in [0.1, 0.15) is 11.4 Å². The molecule has 8 nitrogen and oxygen atoms in total. The first kappa shape index (κ1) is 25.4. The van der Waals surface area contributed by atoms with Crippen LogP contribution in [0.15, 0.2) is 29.5 Å². The molecule has 1 aliphatic heterocycles. The molecule has 5 rings (SSSR count). The summed E-state index contributed by atoms with van der Waals surface area (Å²) in [5.74, 6) is 0.854. The van der Waals surface area contributed by atoms with Crippen molar-refractivity contribution >= 4 is 11.7 Å². The molecule has 0 radical (unpaired) electrons. The van der Waals surface area contributed by atoms with Gasteiger partial charge in [-0.25, -0.2) is 14.3 Å². The second-order valence-corrected chi connectivity index (χ2v) is 10.7. The highest BCUT2D eigenvalue weighted by Gasteiger charge is 2.48. The molecule has 1 atom stereocenters. The van der Waals surface area contributed by atoms with Gasteiger partial charge in [0.15, 0.2) is 5.82 Å². The minimum Gasteiger partial charge on any atom is -0.512 e. The number of rotatable bonds is 8. The monoisotopic (exact) mass is 503 g/mol. The van der Waals surface area contributed by atoms with Gasteiger partial charge in [-0.2, -0.15) is 4.98 Å². The van der Waals surface area contributed by atoms with Crippen molar-refractivity contribution in [3.8, 4) is 0 Å². The van der Waals surface area contributed by atoms with Crippen molar-refractivity contribution in [1.82, 2.24) is 24.6 Å². The van der Waals surface area contributed by atoms with Crippen LogP contribution in [-0.4, -0.2) is 41.2 Å². The quantitative estimate of drug-likeness (QED) is 0.425. The van der Waals surface area contributed by atoms with Gasteiger partial charge < -0.3 is 9.84 Å². The van der Waals surface area contributed by atoms with E-state index in [0.29, 0.717) is 24.4 Å². The van der Waals surface area contributed by atoms with Crippen molar-refractivity contribution in [3.05, 3.63) is 63.7 Å². The van der Waals surface area contributed by atoms with Crippen LogP contribution < -0.4 is 0 Å². The fourth-order valence-corrected chi connectivity index (χ4v) is 6.01. The summed E-state index contributed by atoms with van der Waals surface area (Å²) in [4.78, 5) is 27.0. The molecule has 0 amide bonds. The number of aryl methyl sites for hydroxylation is 5. The summed E-state index contributed by atoms with van der Waals surface area (Å²) in [5.41, 5.74) is 4.74. The standard InChI is InChI=1S/C29H37N5O3/c1-5-22-14-20(15-23(6-2)31-22)11-12-29(21-9-7-8-10-21)17-25(35)24(27(36)37-29)16-26-32-28-30-18(3)13-19(4)34(28)33-26/h13-15,21,35H,5-12,16-17H2,1-4H3/t29-/m0/s1. The number of aliphatic hydroxyl groups excluding tert-OH is 1. The summed E-state index contributed by atoms with van der Waals surface area (Å²) >= 11 is 0. The van der Waals surface area contributed by atoms with Gasteiger partial charge in [-0.05, 0) is 82.1 Å². The summed E-state index contributed by atoms with van der Waals surface area (Å²) in [6.45, 7) is 8.09. The molecule has 1 N–H and O–H groups in total. The Morgan fingerprint density at radius 1 is 1.05 bits per heavy atom. The lowest BCUT2D eigenvalue weighted by Crippen LogP contribution is -2.46. The molecule has 0 unspecified atom stereocenters. The van der Waals surface area contributed by atoms with Gasteiger partial charge in [0.25, 0.3) is 5.78 Å². The van der Waals surface area contributed by atoms with E-state index in [1.165, 1.54) is 5.56 Å². The molecule has 3 aromatic heterocycles. The molecule has 8 heteroatoms. The van der Waals surface area contributed by atoms with Gasteiger partial charge in [-0.3, -0.25) is 4.98 Å². The molecule has 0 saturated heterocycles. The van der Waals surface area contributed by atoms with E-state index in [1.54, 1.807) is 4.52 Å².